The molecule has 6 rings (SSSR count). The van der Waals surface area contributed by atoms with Gasteiger partial charge in [-0.05, 0) is 165 Å². The van der Waals surface area contributed by atoms with Crippen molar-refractivity contribution in [3.63, 3.8) is 0 Å². The summed E-state index contributed by atoms with van der Waals surface area (Å²) in [5.74, 6) is 3.15. The molecule has 2 fully saturated rings. The molecule has 2 aliphatic carbocycles. The maximum Gasteiger partial charge on any atom is 0.307 e. The van der Waals surface area contributed by atoms with Gasteiger partial charge in [-0.3, -0.25) is 14.4 Å². The molecule has 0 aliphatic heterocycles. The largest absolute Gasteiger partial charge is 0.490 e. The molecule has 2 saturated carbocycles. The summed E-state index contributed by atoms with van der Waals surface area (Å²) in [6.45, 7) is 23.1. The molecule has 2 unspecified atom stereocenters. The monoisotopic (exact) mass is 867 g/mol. The number of nitrogens with one attached hydrogen (secondary N) is 1. The molecule has 4 aromatic rings. The number of hydrogen-bond donors (Lipinski definition) is 2. The molecule has 4 aromatic carbocycles. The van der Waals surface area contributed by atoms with Gasteiger partial charge in [0.2, 0.25) is 0 Å². The summed E-state index contributed by atoms with van der Waals surface area (Å²) < 4.78 is 22.2. The fraction of sp³-hybridized carbons (Fsp3) is 0.574. The van der Waals surface area contributed by atoms with E-state index in [2.05, 4.69) is 94.1 Å². The maximum absolute atomic E-state index is 11.6. The van der Waals surface area contributed by atoms with Gasteiger partial charge in [0.05, 0.1) is 38.3 Å². The third-order valence-corrected chi connectivity index (χ3v) is 12.5. The minimum Gasteiger partial charge on any atom is -0.490 e. The van der Waals surface area contributed by atoms with Crippen LogP contribution in [0.4, 0.5) is 0 Å². The van der Waals surface area contributed by atoms with Crippen LogP contribution in [0.2, 0.25) is 0 Å². The van der Waals surface area contributed by atoms with Gasteiger partial charge in [0.1, 0.15) is 17.8 Å². The number of hydrogen-bond acceptors (Lipinski definition) is 9. The van der Waals surface area contributed by atoms with Gasteiger partial charge in [0, 0.05) is 24.2 Å². The summed E-state index contributed by atoms with van der Waals surface area (Å²) in [7, 11) is 0. The highest BCUT2D eigenvalue weighted by Gasteiger charge is 2.31. The number of carbonyl (C=O) groups is 3. The Labute approximate surface area is 378 Å². The molecule has 0 spiro atoms. The van der Waals surface area contributed by atoms with Gasteiger partial charge in [0.25, 0.3) is 0 Å². The van der Waals surface area contributed by atoms with Gasteiger partial charge >= 0.3 is 11.9 Å². The zero-order valence-corrected chi connectivity index (χ0v) is 40.1. The van der Waals surface area contributed by atoms with Crippen LogP contribution in [0, 0.1) is 22.7 Å². The molecule has 63 heavy (non-hydrogen) atoms. The first-order valence-corrected chi connectivity index (χ1v) is 23.5. The molecule has 0 aromatic heterocycles. The standard InChI is InChI=1S/C27H39NO3.C21H26O2.C6H13NO2/c1-6-30-26(29)15-19(2)28-18-20-7-8-22-17-25(12-9-21(22)16-20)31-24-13-10-23(11-14-24)27(3,4)5;1-21(2,3)18-7-10-19(11-8-18)23-20-9-6-16-12-15(14-22)4-5-17(16)13-20;1-3-9-6(8)4-5(2)7/h7-9,12,16-17,19,23-24,28H,6,10-11,13-15,18H2,1-5H3;4-6,9,12-14,18-19H,7-8,10-11H2,1-3H3;5H,3-4,7H2,1-2H3. The molecule has 0 amide bonds. The summed E-state index contributed by atoms with van der Waals surface area (Å²) in [6, 6.07) is 24.8. The van der Waals surface area contributed by atoms with Gasteiger partial charge in [-0.1, -0.05) is 77.9 Å². The van der Waals surface area contributed by atoms with Crippen LogP contribution in [-0.4, -0.2) is 55.7 Å². The second-order valence-electron chi connectivity index (χ2n) is 19.9. The van der Waals surface area contributed by atoms with Crippen molar-refractivity contribution in [1.29, 1.82) is 0 Å². The number of aldehydes is 1. The van der Waals surface area contributed by atoms with Crippen molar-refractivity contribution in [3.8, 4) is 11.5 Å². The molecule has 0 radical (unpaired) electrons. The lowest BCUT2D eigenvalue weighted by molar-refractivity contribution is -0.144. The van der Waals surface area contributed by atoms with Gasteiger partial charge in [-0.25, -0.2) is 0 Å². The molecule has 2 aliphatic rings. The summed E-state index contributed by atoms with van der Waals surface area (Å²) in [6.07, 6.45) is 11.9. The van der Waals surface area contributed by atoms with Gasteiger partial charge < -0.3 is 30.0 Å². The number of nitrogens with two attached hydrogens (primary N) is 1. The smallest absolute Gasteiger partial charge is 0.307 e. The minimum absolute atomic E-state index is 0.0823. The molecule has 9 nitrogen and oxygen atoms in total. The lowest BCUT2D eigenvalue weighted by Crippen LogP contribution is -2.30. The SMILES string of the molecule is CC(C)(C)C1CCC(Oc2ccc3cc(C=O)ccc3c2)CC1.CCOC(=O)CC(C)N.CCOC(=O)CC(C)NCc1ccc2cc(OC3CCC(C(C)(C)C)CC3)ccc2c1. The molecular formula is C54H78N2O7. The van der Waals surface area contributed by atoms with Crippen LogP contribution < -0.4 is 20.5 Å². The highest BCUT2D eigenvalue weighted by Crippen LogP contribution is 2.40. The van der Waals surface area contributed by atoms with E-state index in [-0.39, 0.29) is 24.0 Å². The van der Waals surface area contributed by atoms with Crippen LogP contribution in [0.25, 0.3) is 21.5 Å². The summed E-state index contributed by atoms with van der Waals surface area (Å²) >= 11 is 0. The van der Waals surface area contributed by atoms with E-state index in [0.717, 1.165) is 72.6 Å². The molecule has 3 N–H and O–H groups in total. The Balaban J connectivity index is 0.000000238. The average Bonchev–Trinajstić information content (AvgIpc) is 3.23. The average molecular weight is 867 g/mol. The first-order chi connectivity index (χ1) is 29.9. The number of fused-ring (bicyclic) bond motifs is 2. The molecule has 0 saturated heterocycles. The Hall–Kier alpha value is -4.47. The van der Waals surface area contributed by atoms with E-state index in [4.69, 9.17) is 19.9 Å². The highest BCUT2D eigenvalue weighted by molar-refractivity contribution is 5.89. The van der Waals surface area contributed by atoms with E-state index < -0.39 is 0 Å². The lowest BCUT2D eigenvalue weighted by Gasteiger charge is -2.37. The maximum atomic E-state index is 11.6. The van der Waals surface area contributed by atoms with E-state index in [1.54, 1.807) is 13.8 Å². The third-order valence-electron chi connectivity index (χ3n) is 12.5. The van der Waals surface area contributed by atoms with Crippen LogP contribution >= 0.6 is 0 Å². The summed E-state index contributed by atoms with van der Waals surface area (Å²) in [5, 5.41) is 8.02. The molecule has 2 atom stereocenters. The van der Waals surface area contributed by atoms with Gasteiger partial charge in [0.15, 0.2) is 0 Å². The highest BCUT2D eigenvalue weighted by atomic mass is 16.5. The van der Waals surface area contributed by atoms with Crippen molar-refractivity contribution in [1.82, 2.24) is 5.32 Å². The van der Waals surface area contributed by atoms with E-state index >= 15 is 0 Å². The Morgan fingerprint density at radius 1 is 0.635 bits per heavy atom. The number of rotatable bonds is 14. The van der Waals surface area contributed by atoms with E-state index in [1.165, 1.54) is 42.0 Å². The van der Waals surface area contributed by atoms with Crippen LogP contribution in [0.3, 0.4) is 0 Å². The first-order valence-electron chi connectivity index (χ1n) is 23.5. The predicted octanol–water partition coefficient (Wildman–Crippen LogP) is 12.2. The fourth-order valence-electron chi connectivity index (χ4n) is 8.64. The lowest BCUT2D eigenvalue weighted by atomic mass is 9.72. The van der Waals surface area contributed by atoms with E-state index in [0.29, 0.717) is 54.7 Å². The van der Waals surface area contributed by atoms with Crippen molar-refractivity contribution in [2.24, 2.45) is 28.4 Å². The zero-order chi connectivity index (χ0) is 46.2. The predicted molar refractivity (Wildman–Crippen MR) is 257 cm³/mol. The number of ether oxygens (including phenoxy) is 4. The number of carbonyl (C=O) groups excluding carboxylic acids is 3. The quantitative estimate of drug-likeness (QED) is 0.0941. The molecular weight excluding hydrogens is 789 g/mol. The second-order valence-corrected chi connectivity index (χ2v) is 19.9. The Morgan fingerprint density at radius 2 is 1.06 bits per heavy atom. The number of esters is 2. The first kappa shape index (κ1) is 51.2. The van der Waals surface area contributed by atoms with Crippen LogP contribution in [0.5, 0.6) is 11.5 Å². The Morgan fingerprint density at radius 3 is 1.51 bits per heavy atom. The molecule has 346 valence electrons. The van der Waals surface area contributed by atoms with Crippen molar-refractivity contribution < 1.29 is 33.3 Å². The topological polar surface area (TPSA) is 126 Å². The van der Waals surface area contributed by atoms with Crippen LogP contribution in [0.1, 0.15) is 149 Å². The summed E-state index contributed by atoms with van der Waals surface area (Å²) in [4.78, 5) is 33.0. The van der Waals surface area contributed by atoms with Gasteiger partial charge in [-0.15, -0.1) is 0 Å². The molecule has 9 heteroatoms. The normalized spacial score (nSPS) is 19.9. The number of benzene rings is 4. The Kier molecular flexibility index (Phi) is 19.9. The van der Waals surface area contributed by atoms with Crippen molar-refractivity contribution in [2.75, 3.05) is 13.2 Å². The minimum atomic E-state index is -0.215. The zero-order valence-electron chi connectivity index (χ0n) is 40.1. The van der Waals surface area contributed by atoms with Gasteiger partial charge in [-0.2, -0.15) is 0 Å². The molecule has 0 heterocycles. The second kappa shape index (κ2) is 24.6. The van der Waals surface area contributed by atoms with E-state index in [9.17, 15) is 14.4 Å². The fourth-order valence-corrected chi connectivity index (χ4v) is 8.64. The Bertz CT molecular complexity index is 2030. The van der Waals surface area contributed by atoms with Crippen molar-refractivity contribution in [2.45, 2.75) is 164 Å². The van der Waals surface area contributed by atoms with Crippen LogP contribution in [0.15, 0.2) is 72.8 Å². The van der Waals surface area contributed by atoms with E-state index in [1.807, 2.05) is 44.2 Å². The summed E-state index contributed by atoms with van der Waals surface area (Å²) in [5.41, 5.74) is 8.05. The van der Waals surface area contributed by atoms with Crippen molar-refractivity contribution in [3.05, 3.63) is 83.9 Å². The van der Waals surface area contributed by atoms with Crippen LogP contribution in [-0.2, 0) is 25.6 Å². The molecule has 0 bridgehead atoms. The van der Waals surface area contributed by atoms with Crippen molar-refractivity contribution >= 4 is 39.8 Å². The third kappa shape index (κ3) is 17.6.